The van der Waals surface area contributed by atoms with Crippen LogP contribution in [0.1, 0.15) is 37.8 Å². The average molecular weight is 295 g/mol. The van der Waals surface area contributed by atoms with E-state index >= 15 is 0 Å². The topological polar surface area (TPSA) is 49.4 Å². The van der Waals surface area contributed by atoms with Crippen LogP contribution in [0.3, 0.4) is 0 Å². The van der Waals surface area contributed by atoms with Crippen molar-refractivity contribution >= 4 is 23.5 Å². The van der Waals surface area contributed by atoms with Gasteiger partial charge in [0.05, 0.1) is 0 Å². The Kier molecular flexibility index (Phi) is 4.04. The Balaban J connectivity index is 2.35. The molecule has 0 saturated carbocycles. The van der Waals surface area contributed by atoms with E-state index in [1.165, 1.54) is 0 Å². The van der Waals surface area contributed by atoms with Crippen molar-refractivity contribution in [2.75, 3.05) is 0 Å². The van der Waals surface area contributed by atoms with Crippen molar-refractivity contribution in [1.82, 2.24) is 10.2 Å². The molecule has 0 aliphatic carbocycles. The summed E-state index contributed by atoms with van der Waals surface area (Å²) in [5.74, 6) is -0.212. The number of nitrogens with one attached hydrogen (secondary N) is 1. The number of hydrogen-bond donors (Lipinski definition) is 1. The van der Waals surface area contributed by atoms with Gasteiger partial charge < -0.3 is 4.90 Å². The predicted octanol–water partition coefficient (Wildman–Crippen LogP) is 3.26. The first-order chi connectivity index (χ1) is 9.44. The van der Waals surface area contributed by atoms with E-state index in [0.29, 0.717) is 24.4 Å². The Morgan fingerprint density at radius 1 is 1.25 bits per heavy atom. The van der Waals surface area contributed by atoms with E-state index in [4.69, 9.17) is 11.6 Å². The maximum absolute atomic E-state index is 12.1. The largest absolute Gasteiger partial charge is 0.325 e. The number of imide groups is 1. The first-order valence-corrected chi connectivity index (χ1v) is 7.20. The molecule has 108 valence electrons. The molecule has 0 atom stereocenters. The maximum atomic E-state index is 12.1. The summed E-state index contributed by atoms with van der Waals surface area (Å²) in [5.41, 5.74) is 1.16. The van der Waals surface area contributed by atoms with Gasteiger partial charge in [-0.15, -0.1) is 0 Å². The summed E-state index contributed by atoms with van der Waals surface area (Å²) in [6.07, 6.45) is 1.18. The predicted molar refractivity (Wildman–Crippen MR) is 78.6 cm³/mol. The zero-order chi connectivity index (χ0) is 14.9. The number of carbonyl (C=O) groups excluding carboxylic acids is 2. The molecule has 2 rings (SSSR count). The van der Waals surface area contributed by atoms with Gasteiger partial charge in [-0.1, -0.05) is 37.6 Å². The van der Waals surface area contributed by atoms with Gasteiger partial charge in [0.25, 0.3) is 5.91 Å². The minimum Gasteiger partial charge on any atom is -0.305 e. The lowest BCUT2D eigenvalue weighted by molar-refractivity contribution is -0.127. The lowest BCUT2D eigenvalue weighted by Crippen LogP contribution is -2.48. The third kappa shape index (κ3) is 2.29. The molecule has 0 aromatic heterocycles. The Bertz CT molecular complexity index is 553. The Labute approximate surface area is 124 Å². The smallest absolute Gasteiger partial charge is 0.305 e. The van der Waals surface area contributed by atoms with Crippen molar-refractivity contribution in [2.24, 2.45) is 0 Å². The van der Waals surface area contributed by atoms with Gasteiger partial charge in [-0.2, -0.15) is 0 Å². The molecule has 1 heterocycles. The van der Waals surface area contributed by atoms with E-state index in [0.717, 1.165) is 11.1 Å². The number of rotatable bonds is 4. The van der Waals surface area contributed by atoms with Crippen LogP contribution >= 0.6 is 11.6 Å². The molecule has 1 aliphatic heterocycles. The molecule has 0 spiro atoms. The van der Waals surface area contributed by atoms with Crippen LogP contribution in [-0.4, -0.2) is 22.4 Å². The average Bonchev–Trinajstić information content (AvgIpc) is 2.64. The summed E-state index contributed by atoms with van der Waals surface area (Å²) in [4.78, 5) is 25.8. The zero-order valence-corrected chi connectivity index (χ0v) is 12.8. The van der Waals surface area contributed by atoms with Crippen LogP contribution in [0.2, 0.25) is 5.02 Å². The molecule has 1 aromatic rings. The molecule has 20 heavy (non-hydrogen) atoms. The van der Waals surface area contributed by atoms with Crippen LogP contribution < -0.4 is 5.32 Å². The number of amides is 3. The van der Waals surface area contributed by atoms with E-state index < -0.39 is 5.54 Å². The minimum absolute atomic E-state index is 0.212. The van der Waals surface area contributed by atoms with Gasteiger partial charge >= 0.3 is 6.03 Å². The number of benzene rings is 1. The van der Waals surface area contributed by atoms with Gasteiger partial charge in [0.1, 0.15) is 5.54 Å². The molecule has 1 fully saturated rings. The van der Waals surface area contributed by atoms with Crippen LogP contribution in [-0.2, 0) is 11.3 Å². The second-order valence-corrected chi connectivity index (χ2v) is 5.59. The van der Waals surface area contributed by atoms with Crippen LogP contribution in [0.4, 0.5) is 4.79 Å². The number of nitrogens with zero attached hydrogens (tertiary/aromatic N) is 1. The van der Waals surface area contributed by atoms with E-state index in [9.17, 15) is 9.59 Å². The third-order valence-corrected chi connectivity index (χ3v) is 4.46. The van der Waals surface area contributed by atoms with Crippen molar-refractivity contribution in [3.05, 3.63) is 34.3 Å². The molecule has 1 aliphatic rings. The van der Waals surface area contributed by atoms with E-state index in [-0.39, 0.29) is 11.9 Å². The molecule has 1 N–H and O–H groups in total. The summed E-state index contributed by atoms with van der Waals surface area (Å²) in [6, 6.07) is 5.39. The minimum atomic E-state index is -0.759. The fourth-order valence-electron chi connectivity index (χ4n) is 2.72. The molecule has 1 saturated heterocycles. The Morgan fingerprint density at radius 3 is 2.45 bits per heavy atom. The van der Waals surface area contributed by atoms with E-state index in [1.807, 2.05) is 39.0 Å². The van der Waals surface area contributed by atoms with Gasteiger partial charge in [0.15, 0.2) is 0 Å². The fraction of sp³-hybridized carbons (Fsp3) is 0.467. The summed E-state index contributed by atoms with van der Waals surface area (Å²) < 4.78 is 0. The molecular weight excluding hydrogens is 276 g/mol. The molecule has 5 heteroatoms. The first kappa shape index (κ1) is 14.9. The number of carbonyl (C=O) groups is 2. The second kappa shape index (κ2) is 5.44. The molecule has 1 aromatic carbocycles. The van der Waals surface area contributed by atoms with Crippen molar-refractivity contribution < 1.29 is 9.59 Å². The van der Waals surface area contributed by atoms with Crippen molar-refractivity contribution in [1.29, 1.82) is 0 Å². The molecule has 0 radical (unpaired) electrons. The summed E-state index contributed by atoms with van der Waals surface area (Å²) in [5, 5.41) is 3.04. The highest BCUT2D eigenvalue weighted by atomic mass is 35.5. The van der Waals surface area contributed by atoms with Crippen molar-refractivity contribution in [3.8, 4) is 0 Å². The quantitative estimate of drug-likeness (QED) is 0.867. The van der Waals surface area contributed by atoms with Crippen LogP contribution in [0.25, 0.3) is 0 Å². The first-order valence-electron chi connectivity index (χ1n) is 6.82. The second-order valence-electron chi connectivity index (χ2n) is 5.18. The number of aryl methyl sites for hydroxylation is 1. The number of hydrogen-bond acceptors (Lipinski definition) is 2. The number of halogens is 1. The van der Waals surface area contributed by atoms with Gasteiger partial charge in [-0.3, -0.25) is 10.1 Å². The van der Waals surface area contributed by atoms with Crippen LogP contribution in [0.15, 0.2) is 18.2 Å². The van der Waals surface area contributed by atoms with Crippen molar-refractivity contribution in [3.63, 3.8) is 0 Å². The van der Waals surface area contributed by atoms with Gasteiger partial charge in [0, 0.05) is 11.6 Å². The van der Waals surface area contributed by atoms with Crippen LogP contribution in [0, 0.1) is 6.92 Å². The molecule has 3 amide bonds. The van der Waals surface area contributed by atoms with Gasteiger partial charge in [-0.05, 0) is 37.0 Å². The molecule has 0 bridgehead atoms. The van der Waals surface area contributed by atoms with E-state index in [2.05, 4.69) is 5.32 Å². The molecule has 4 nitrogen and oxygen atoms in total. The monoisotopic (exact) mass is 294 g/mol. The lowest BCUT2D eigenvalue weighted by atomic mass is 9.91. The van der Waals surface area contributed by atoms with Crippen LogP contribution in [0.5, 0.6) is 0 Å². The Morgan fingerprint density at radius 2 is 1.90 bits per heavy atom. The summed E-state index contributed by atoms with van der Waals surface area (Å²) in [7, 11) is 0. The van der Waals surface area contributed by atoms with Gasteiger partial charge in [-0.25, -0.2) is 4.79 Å². The third-order valence-electron chi connectivity index (χ3n) is 4.11. The Hall–Kier alpha value is -1.55. The highest BCUT2D eigenvalue weighted by molar-refractivity contribution is 6.31. The lowest BCUT2D eigenvalue weighted by Gasteiger charge is -2.33. The van der Waals surface area contributed by atoms with Crippen molar-refractivity contribution in [2.45, 2.75) is 45.7 Å². The van der Waals surface area contributed by atoms with E-state index in [1.54, 1.807) is 4.90 Å². The normalized spacial score (nSPS) is 17.5. The fourth-order valence-corrected chi connectivity index (χ4v) is 3.02. The number of urea groups is 1. The zero-order valence-electron chi connectivity index (χ0n) is 12.0. The molecule has 0 unspecified atom stereocenters. The molecular formula is C15H19ClN2O2. The highest BCUT2D eigenvalue weighted by Crippen LogP contribution is 2.32. The standard InChI is InChI=1S/C15H19ClN2O2/c1-4-15(5-2)13(19)17-14(20)18(15)9-11-7-6-10(3)8-12(11)16/h6-8H,4-5,9H2,1-3H3,(H,17,19,20). The SMILES string of the molecule is CCC1(CC)C(=O)NC(=O)N1Cc1ccc(C)cc1Cl. The summed E-state index contributed by atoms with van der Waals surface area (Å²) in [6.45, 7) is 6.15. The maximum Gasteiger partial charge on any atom is 0.325 e. The highest BCUT2D eigenvalue weighted by Gasteiger charge is 2.50. The summed E-state index contributed by atoms with van der Waals surface area (Å²) >= 11 is 6.23. The van der Waals surface area contributed by atoms with Gasteiger partial charge in [0.2, 0.25) is 0 Å².